The average molecular weight is 402 g/mol. The third kappa shape index (κ3) is 5.70. The van der Waals surface area contributed by atoms with Crippen molar-refractivity contribution in [2.24, 2.45) is 5.92 Å². The molecule has 0 spiro atoms. The molecule has 0 saturated carbocycles. The Morgan fingerprint density at radius 2 is 1.72 bits per heavy atom. The fourth-order valence-corrected chi connectivity index (χ4v) is 2.89. The number of ether oxygens (including phenoxy) is 2. The molecule has 0 saturated heterocycles. The zero-order valence-electron chi connectivity index (χ0n) is 17.4. The van der Waals surface area contributed by atoms with Crippen molar-refractivity contribution in [2.45, 2.75) is 26.4 Å². The molecule has 0 radical (unpaired) electrons. The van der Waals surface area contributed by atoms with Gasteiger partial charge in [0.2, 0.25) is 5.91 Å². The Morgan fingerprint density at radius 1 is 1.07 bits per heavy atom. The lowest BCUT2D eigenvalue weighted by molar-refractivity contribution is -0.133. The Bertz CT molecular complexity index is 852. The first-order valence-electron chi connectivity index (χ1n) is 9.29. The van der Waals surface area contributed by atoms with Crippen LogP contribution in [0, 0.1) is 11.7 Å². The van der Waals surface area contributed by atoms with Gasteiger partial charge in [-0.3, -0.25) is 9.59 Å². The maximum Gasteiger partial charge on any atom is 0.251 e. The molecule has 29 heavy (non-hydrogen) atoms. The van der Waals surface area contributed by atoms with Gasteiger partial charge in [-0.2, -0.15) is 0 Å². The molecular weight excluding hydrogens is 375 g/mol. The molecule has 2 rings (SSSR count). The van der Waals surface area contributed by atoms with Crippen LogP contribution in [-0.4, -0.2) is 44.0 Å². The van der Waals surface area contributed by atoms with Crippen LogP contribution in [0.4, 0.5) is 4.39 Å². The Balaban J connectivity index is 2.13. The number of halogens is 1. The van der Waals surface area contributed by atoms with Crippen LogP contribution < -0.4 is 14.8 Å². The third-order valence-electron chi connectivity index (χ3n) is 4.60. The van der Waals surface area contributed by atoms with E-state index in [2.05, 4.69) is 5.32 Å². The average Bonchev–Trinajstić information content (AvgIpc) is 2.71. The Hall–Kier alpha value is -3.09. The largest absolute Gasteiger partial charge is 0.497 e. The Morgan fingerprint density at radius 3 is 2.28 bits per heavy atom. The van der Waals surface area contributed by atoms with Crippen molar-refractivity contribution in [3.63, 3.8) is 0 Å². The van der Waals surface area contributed by atoms with Crippen molar-refractivity contribution in [1.29, 1.82) is 0 Å². The van der Waals surface area contributed by atoms with Crippen molar-refractivity contribution in [3.8, 4) is 11.5 Å². The van der Waals surface area contributed by atoms with Crippen LogP contribution in [0.3, 0.4) is 0 Å². The molecule has 2 aromatic carbocycles. The van der Waals surface area contributed by atoms with Gasteiger partial charge in [-0.25, -0.2) is 4.39 Å². The van der Waals surface area contributed by atoms with Crippen LogP contribution in [0.2, 0.25) is 0 Å². The topological polar surface area (TPSA) is 67.9 Å². The van der Waals surface area contributed by atoms with Crippen LogP contribution in [0.5, 0.6) is 11.5 Å². The number of methoxy groups -OCH3 is 2. The summed E-state index contributed by atoms with van der Waals surface area (Å²) >= 11 is 0. The highest BCUT2D eigenvalue weighted by Gasteiger charge is 2.28. The van der Waals surface area contributed by atoms with E-state index < -0.39 is 17.8 Å². The second-order valence-corrected chi connectivity index (χ2v) is 7.07. The summed E-state index contributed by atoms with van der Waals surface area (Å²) in [5, 5.41) is 2.76. The molecule has 7 heteroatoms. The first kappa shape index (κ1) is 22.2. The minimum Gasteiger partial charge on any atom is -0.497 e. The number of hydrogen-bond acceptors (Lipinski definition) is 4. The molecule has 6 nitrogen and oxygen atoms in total. The number of benzene rings is 2. The second kappa shape index (κ2) is 9.91. The predicted octanol–water partition coefficient (Wildman–Crippen LogP) is 3.26. The van der Waals surface area contributed by atoms with E-state index in [4.69, 9.17) is 9.47 Å². The summed E-state index contributed by atoms with van der Waals surface area (Å²) in [5.74, 6) is 0.0609. The summed E-state index contributed by atoms with van der Waals surface area (Å²) in [7, 11) is 4.80. The van der Waals surface area contributed by atoms with E-state index in [1.54, 1.807) is 38.3 Å². The second-order valence-electron chi connectivity index (χ2n) is 7.07. The highest BCUT2D eigenvalue weighted by Crippen LogP contribution is 2.25. The zero-order chi connectivity index (χ0) is 21.6. The molecule has 0 aromatic heterocycles. The molecule has 1 atom stereocenters. The molecule has 0 heterocycles. The van der Waals surface area contributed by atoms with E-state index in [-0.39, 0.29) is 11.8 Å². The lowest BCUT2D eigenvalue weighted by atomic mass is 10.0. The number of nitrogens with zero attached hydrogens (tertiary/aromatic N) is 1. The normalized spacial score (nSPS) is 11.7. The summed E-state index contributed by atoms with van der Waals surface area (Å²) in [6.45, 7) is 4.02. The van der Waals surface area contributed by atoms with Crippen molar-refractivity contribution < 1.29 is 23.5 Å². The van der Waals surface area contributed by atoms with Crippen LogP contribution in [0.25, 0.3) is 0 Å². The Kier molecular flexibility index (Phi) is 7.59. The fraction of sp³-hybridized carbons (Fsp3) is 0.364. The van der Waals surface area contributed by atoms with Crippen molar-refractivity contribution in [1.82, 2.24) is 10.2 Å². The van der Waals surface area contributed by atoms with Gasteiger partial charge in [0, 0.05) is 30.8 Å². The van der Waals surface area contributed by atoms with Gasteiger partial charge in [-0.1, -0.05) is 13.8 Å². The highest BCUT2D eigenvalue weighted by molar-refractivity contribution is 5.97. The van der Waals surface area contributed by atoms with Gasteiger partial charge < -0.3 is 19.7 Å². The minimum atomic E-state index is -0.721. The minimum absolute atomic E-state index is 0.132. The number of carbonyl (C=O) groups excluding carboxylic acids is 2. The van der Waals surface area contributed by atoms with Crippen LogP contribution >= 0.6 is 0 Å². The lowest BCUT2D eigenvalue weighted by Gasteiger charge is -2.27. The lowest BCUT2D eigenvalue weighted by Crippen LogP contribution is -2.50. The van der Waals surface area contributed by atoms with Gasteiger partial charge in [0.1, 0.15) is 23.4 Å². The molecular formula is C22H27FN2O4. The van der Waals surface area contributed by atoms with Crippen molar-refractivity contribution in [2.75, 3.05) is 21.3 Å². The maximum atomic E-state index is 13.1. The third-order valence-corrected chi connectivity index (χ3v) is 4.60. The van der Waals surface area contributed by atoms with Gasteiger partial charge in [0.25, 0.3) is 5.91 Å². The summed E-state index contributed by atoms with van der Waals surface area (Å²) in [4.78, 5) is 27.0. The molecule has 0 fully saturated rings. The van der Waals surface area contributed by atoms with E-state index in [0.717, 1.165) is 5.56 Å². The van der Waals surface area contributed by atoms with Crippen LogP contribution in [0.1, 0.15) is 29.8 Å². The zero-order valence-corrected chi connectivity index (χ0v) is 17.4. The monoisotopic (exact) mass is 402 g/mol. The number of rotatable bonds is 8. The number of likely N-dealkylation sites (N-methyl/N-ethyl adjacent to an activating group) is 1. The van der Waals surface area contributed by atoms with E-state index in [9.17, 15) is 14.0 Å². The first-order chi connectivity index (χ1) is 13.8. The van der Waals surface area contributed by atoms with E-state index in [1.807, 2.05) is 19.9 Å². The van der Waals surface area contributed by atoms with Gasteiger partial charge in [-0.15, -0.1) is 0 Å². The quantitative estimate of drug-likeness (QED) is 0.736. The van der Waals surface area contributed by atoms with Gasteiger partial charge in [0.05, 0.1) is 14.2 Å². The number of amides is 2. The predicted molar refractivity (Wildman–Crippen MR) is 109 cm³/mol. The van der Waals surface area contributed by atoms with E-state index in [0.29, 0.717) is 23.6 Å². The standard InChI is InChI=1S/C22H27FN2O4/c1-14(2)20(24-21(26)15-6-9-17(23)10-7-15)22(27)25(3)13-16-8-11-18(28-4)12-19(16)29-5/h6-12,14,20H,13H2,1-5H3,(H,24,26). The summed E-state index contributed by atoms with van der Waals surface area (Å²) in [6.07, 6.45) is 0. The summed E-state index contributed by atoms with van der Waals surface area (Å²) in [5.41, 5.74) is 1.11. The molecule has 0 aliphatic rings. The van der Waals surface area contributed by atoms with Gasteiger partial charge in [0.15, 0.2) is 0 Å². The van der Waals surface area contributed by atoms with Gasteiger partial charge in [-0.05, 0) is 42.3 Å². The molecule has 156 valence electrons. The summed E-state index contributed by atoms with van der Waals surface area (Å²) in [6, 6.07) is 9.87. The maximum absolute atomic E-state index is 13.1. The SMILES string of the molecule is COc1ccc(CN(C)C(=O)C(NC(=O)c2ccc(F)cc2)C(C)C)c(OC)c1. The molecule has 0 bridgehead atoms. The summed E-state index contributed by atoms with van der Waals surface area (Å²) < 4.78 is 23.7. The molecule has 2 amide bonds. The number of carbonyl (C=O) groups is 2. The molecule has 0 aliphatic carbocycles. The first-order valence-corrected chi connectivity index (χ1v) is 9.29. The van der Waals surface area contributed by atoms with Gasteiger partial charge >= 0.3 is 0 Å². The van der Waals surface area contributed by atoms with Crippen molar-refractivity contribution >= 4 is 11.8 Å². The highest BCUT2D eigenvalue weighted by atomic mass is 19.1. The molecule has 1 unspecified atom stereocenters. The molecule has 0 aliphatic heterocycles. The molecule has 1 N–H and O–H groups in total. The van der Waals surface area contributed by atoms with Crippen LogP contribution in [0.15, 0.2) is 42.5 Å². The van der Waals surface area contributed by atoms with Crippen molar-refractivity contribution in [3.05, 3.63) is 59.4 Å². The molecule has 2 aromatic rings. The van der Waals surface area contributed by atoms with E-state index in [1.165, 1.54) is 24.3 Å². The Labute approximate surface area is 170 Å². The number of hydrogen-bond donors (Lipinski definition) is 1. The van der Waals surface area contributed by atoms with Crippen LogP contribution in [-0.2, 0) is 11.3 Å². The number of nitrogens with one attached hydrogen (secondary N) is 1. The van der Waals surface area contributed by atoms with E-state index >= 15 is 0 Å². The fourth-order valence-electron chi connectivity index (χ4n) is 2.89. The smallest absolute Gasteiger partial charge is 0.251 e.